The quantitative estimate of drug-likeness (QED) is 0.810. The normalized spacial score (nSPS) is 11.9. The van der Waals surface area contributed by atoms with Crippen LogP contribution in [0.25, 0.3) is 0 Å². The maximum absolute atomic E-state index is 11.8. The second-order valence-corrected chi connectivity index (χ2v) is 4.25. The molecule has 1 aromatic rings. The third-order valence-electron chi connectivity index (χ3n) is 2.61. The van der Waals surface area contributed by atoms with Crippen molar-refractivity contribution in [2.75, 3.05) is 0 Å². The number of rotatable bonds is 6. The first-order chi connectivity index (χ1) is 8.54. The molecular weight excluding hydrogens is 232 g/mol. The van der Waals surface area contributed by atoms with Crippen molar-refractivity contribution in [3.05, 3.63) is 29.6 Å². The lowest BCUT2D eigenvalue weighted by atomic mass is 10.1. The summed E-state index contributed by atoms with van der Waals surface area (Å²) in [5.74, 6) is -1.32. The summed E-state index contributed by atoms with van der Waals surface area (Å²) in [6.45, 7) is 4.04. The average molecular weight is 250 g/mol. The lowest BCUT2D eigenvalue weighted by Crippen LogP contribution is -2.33. The Morgan fingerprint density at radius 3 is 2.67 bits per heavy atom. The highest BCUT2D eigenvalue weighted by atomic mass is 16.4. The van der Waals surface area contributed by atoms with E-state index in [4.69, 9.17) is 5.11 Å². The Labute approximate surface area is 106 Å². The van der Waals surface area contributed by atoms with Gasteiger partial charge in [-0.3, -0.25) is 9.78 Å². The number of carbonyl (C=O) groups excluding carboxylic acids is 1. The lowest BCUT2D eigenvalue weighted by molar-refractivity contribution is 0.0695. The van der Waals surface area contributed by atoms with Gasteiger partial charge in [-0.05, 0) is 25.5 Å². The number of carboxylic acids is 1. The third-order valence-corrected chi connectivity index (χ3v) is 2.61. The monoisotopic (exact) mass is 250 g/mol. The van der Waals surface area contributed by atoms with Gasteiger partial charge in [0.25, 0.3) is 5.91 Å². The molecule has 5 heteroatoms. The van der Waals surface area contributed by atoms with Crippen molar-refractivity contribution in [3.63, 3.8) is 0 Å². The van der Waals surface area contributed by atoms with E-state index >= 15 is 0 Å². The first kappa shape index (κ1) is 14.2. The molecule has 98 valence electrons. The van der Waals surface area contributed by atoms with Crippen molar-refractivity contribution in [1.82, 2.24) is 10.3 Å². The highest BCUT2D eigenvalue weighted by Crippen LogP contribution is 2.03. The first-order valence-corrected chi connectivity index (χ1v) is 6.04. The SMILES string of the molecule is CCCCC(C)NC(=O)c1ccc(C(=O)O)cn1. The van der Waals surface area contributed by atoms with Gasteiger partial charge in [0.15, 0.2) is 0 Å². The van der Waals surface area contributed by atoms with Gasteiger partial charge in [-0.15, -0.1) is 0 Å². The van der Waals surface area contributed by atoms with Crippen molar-refractivity contribution in [2.45, 2.75) is 39.2 Å². The number of carboxylic acid groups (broad SMARTS) is 1. The standard InChI is InChI=1S/C13H18N2O3/c1-3-4-5-9(2)15-12(16)11-7-6-10(8-14-11)13(17)18/h6-9H,3-5H2,1-2H3,(H,15,16)(H,17,18). The summed E-state index contributed by atoms with van der Waals surface area (Å²) in [6, 6.07) is 2.89. The summed E-state index contributed by atoms with van der Waals surface area (Å²) in [5, 5.41) is 11.5. The van der Waals surface area contributed by atoms with E-state index in [1.807, 2.05) is 6.92 Å². The smallest absolute Gasteiger partial charge is 0.337 e. The van der Waals surface area contributed by atoms with Gasteiger partial charge in [0, 0.05) is 12.2 Å². The van der Waals surface area contributed by atoms with Gasteiger partial charge in [0.05, 0.1) is 5.56 Å². The third kappa shape index (κ3) is 4.16. The molecule has 0 radical (unpaired) electrons. The van der Waals surface area contributed by atoms with Crippen LogP contribution in [-0.4, -0.2) is 28.0 Å². The number of amides is 1. The van der Waals surface area contributed by atoms with Gasteiger partial charge < -0.3 is 10.4 Å². The van der Waals surface area contributed by atoms with Crippen molar-refractivity contribution >= 4 is 11.9 Å². The molecule has 1 unspecified atom stereocenters. The van der Waals surface area contributed by atoms with E-state index < -0.39 is 5.97 Å². The first-order valence-electron chi connectivity index (χ1n) is 6.04. The van der Waals surface area contributed by atoms with Crippen LogP contribution >= 0.6 is 0 Å². The fourth-order valence-electron chi connectivity index (χ4n) is 1.53. The predicted octanol–water partition coefficient (Wildman–Crippen LogP) is 2.09. The molecule has 5 nitrogen and oxygen atoms in total. The molecule has 0 bridgehead atoms. The van der Waals surface area contributed by atoms with Gasteiger partial charge in [0.1, 0.15) is 5.69 Å². The molecule has 1 atom stereocenters. The summed E-state index contributed by atoms with van der Waals surface area (Å²) >= 11 is 0. The molecule has 0 saturated carbocycles. The summed E-state index contributed by atoms with van der Waals surface area (Å²) < 4.78 is 0. The zero-order valence-electron chi connectivity index (χ0n) is 10.6. The van der Waals surface area contributed by atoms with Gasteiger partial charge in [-0.25, -0.2) is 4.79 Å². The number of aromatic carboxylic acids is 1. The molecular formula is C13H18N2O3. The van der Waals surface area contributed by atoms with Gasteiger partial charge >= 0.3 is 5.97 Å². The molecule has 2 N–H and O–H groups in total. The van der Waals surface area contributed by atoms with Crippen LogP contribution in [0.15, 0.2) is 18.3 Å². The molecule has 0 aliphatic rings. The Bertz CT molecular complexity index is 415. The molecule has 0 saturated heterocycles. The van der Waals surface area contributed by atoms with Crippen molar-refractivity contribution < 1.29 is 14.7 Å². The van der Waals surface area contributed by atoms with Crippen molar-refractivity contribution in [2.24, 2.45) is 0 Å². The zero-order valence-corrected chi connectivity index (χ0v) is 10.6. The molecule has 1 heterocycles. The predicted molar refractivity (Wildman–Crippen MR) is 67.6 cm³/mol. The van der Waals surface area contributed by atoms with E-state index in [2.05, 4.69) is 17.2 Å². The number of hydrogen-bond donors (Lipinski definition) is 2. The maximum atomic E-state index is 11.8. The summed E-state index contributed by atoms with van der Waals surface area (Å²) in [7, 11) is 0. The van der Waals surface area contributed by atoms with Crippen LogP contribution in [0.3, 0.4) is 0 Å². The average Bonchev–Trinajstić information content (AvgIpc) is 2.36. The highest BCUT2D eigenvalue weighted by Gasteiger charge is 2.11. The van der Waals surface area contributed by atoms with E-state index in [-0.39, 0.29) is 23.2 Å². The Hall–Kier alpha value is -1.91. The Kier molecular flexibility index (Phi) is 5.30. The molecule has 0 aliphatic carbocycles. The van der Waals surface area contributed by atoms with Crippen molar-refractivity contribution in [3.8, 4) is 0 Å². The minimum Gasteiger partial charge on any atom is -0.478 e. The molecule has 1 amide bonds. The molecule has 1 rings (SSSR count). The summed E-state index contributed by atoms with van der Waals surface area (Å²) in [4.78, 5) is 26.3. The minimum atomic E-state index is -1.05. The van der Waals surface area contributed by atoms with Crippen LogP contribution in [-0.2, 0) is 0 Å². The highest BCUT2D eigenvalue weighted by molar-refractivity contribution is 5.93. The number of carbonyl (C=O) groups is 2. The summed E-state index contributed by atoms with van der Waals surface area (Å²) in [5.41, 5.74) is 0.314. The molecule has 0 spiro atoms. The van der Waals surface area contributed by atoms with E-state index in [1.54, 1.807) is 0 Å². The van der Waals surface area contributed by atoms with Crippen LogP contribution in [0.5, 0.6) is 0 Å². The van der Waals surface area contributed by atoms with Crippen molar-refractivity contribution in [1.29, 1.82) is 0 Å². The number of nitrogens with zero attached hydrogens (tertiary/aromatic N) is 1. The number of aromatic nitrogens is 1. The molecule has 1 aromatic heterocycles. The summed E-state index contributed by atoms with van der Waals surface area (Å²) in [6.07, 6.45) is 4.27. The fourth-order valence-corrected chi connectivity index (χ4v) is 1.53. The number of hydrogen-bond acceptors (Lipinski definition) is 3. The Balaban J connectivity index is 2.58. The van der Waals surface area contributed by atoms with Crippen LogP contribution in [0.4, 0.5) is 0 Å². The van der Waals surface area contributed by atoms with Crippen LogP contribution in [0.1, 0.15) is 54.0 Å². The maximum Gasteiger partial charge on any atom is 0.337 e. The number of unbranched alkanes of at least 4 members (excludes halogenated alkanes) is 1. The van der Waals surface area contributed by atoms with Crippen LogP contribution < -0.4 is 5.32 Å². The van der Waals surface area contributed by atoms with Gasteiger partial charge in [-0.1, -0.05) is 19.8 Å². The van der Waals surface area contributed by atoms with Gasteiger partial charge in [-0.2, -0.15) is 0 Å². The van der Waals surface area contributed by atoms with E-state index in [0.29, 0.717) is 0 Å². The molecule has 0 aromatic carbocycles. The Morgan fingerprint density at radius 1 is 1.44 bits per heavy atom. The molecule has 18 heavy (non-hydrogen) atoms. The second kappa shape index (κ2) is 6.74. The number of nitrogens with one attached hydrogen (secondary N) is 1. The van der Waals surface area contributed by atoms with E-state index in [0.717, 1.165) is 19.3 Å². The topological polar surface area (TPSA) is 79.3 Å². The lowest BCUT2D eigenvalue weighted by Gasteiger charge is -2.12. The molecule has 0 fully saturated rings. The van der Waals surface area contributed by atoms with Crippen LogP contribution in [0, 0.1) is 0 Å². The Morgan fingerprint density at radius 2 is 2.17 bits per heavy atom. The van der Waals surface area contributed by atoms with E-state index in [1.165, 1.54) is 18.3 Å². The second-order valence-electron chi connectivity index (χ2n) is 4.25. The van der Waals surface area contributed by atoms with Gasteiger partial charge in [0.2, 0.25) is 0 Å². The van der Waals surface area contributed by atoms with E-state index in [9.17, 15) is 9.59 Å². The fraction of sp³-hybridized carbons (Fsp3) is 0.462. The number of pyridine rings is 1. The van der Waals surface area contributed by atoms with Crippen LogP contribution in [0.2, 0.25) is 0 Å². The minimum absolute atomic E-state index is 0.0746. The zero-order chi connectivity index (χ0) is 13.5. The molecule has 0 aliphatic heterocycles. The largest absolute Gasteiger partial charge is 0.478 e.